The van der Waals surface area contributed by atoms with Gasteiger partial charge in [0.1, 0.15) is 0 Å². The highest BCUT2D eigenvalue weighted by Gasteiger charge is 2.28. The molecule has 2 aromatic heterocycles. The summed E-state index contributed by atoms with van der Waals surface area (Å²) in [6, 6.07) is 4.61. The number of aromatic nitrogens is 2. The zero-order valence-corrected chi connectivity index (χ0v) is 11.5. The summed E-state index contributed by atoms with van der Waals surface area (Å²) in [4.78, 5) is 4.34. The van der Waals surface area contributed by atoms with Gasteiger partial charge in [0, 0.05) is 5.69 Å². The van der Waals surface area contributed by atoms with Crippen molar-refractivity contribution in [3.63, 3.8) is 0 Å². The van der Waals surface area contributed by atoms with Crippen molar-refractivity contribution in [2.45, 2.75) is 57.3 Å². The van der Waals surface area contributed by atoms with E-state index in [0.29, 0.717) is 0 Å². The SMILES string of the molecule is c1cc2cncn2c(CC2CCCCC2)c1C1CC1. The summed E-state index contributed by atoms with van der Waals surface area (Å²) in [6.07, 6.45) is 15.2. The Balaban J connectivity index is 1.72. The smallest absolute Gasteiger partial charge is 0.0994 e. The van der Waals surface area contributed by atoms with E-state index in [-0.39, 0.29) is 0 Å². The molecule has 0 bridgehead atoms. The Morgan fingerprint density at radius 1 is 1.05 bits per heavy atom. The molecule has 19 heavy (non-hydrogen) atoms. The van der Waals surface area contributed by atoms with Crippen LogP contribution in [-0.4, -0.2) is 9.38 Å². The maximum absolute atomic E-state index is 4.34. The topological polar surface area (TPSA) is 17.3 Å². The fourth-order valence-corrected chi connectivity index (χ4v) is 3.71. The average molecular weight is 254 g/mol. The molecule has 0 radical (unpaired) electrons. The van der Waals surface area contributed by atoms with Crippen LogP contribution in [0.5, 0.6) is 0 Å². The summed E-state index contributed by atoms with van der Waals surface area (Å²) >= 11 is 0. The first kappa shape index (κ1) is 11.5. The van der Waals surface area contributed by atoms with E-state index in [1.807, 2.05) is 12.5 Å². The van der Waals surface area contributed by atoms with Crippen LogP contribution in [0.25, 0.3) is 5.52 Å². The molecule has 2 aromatic rings. The fourth-order valence-electron chi connectivity index (χ4n) is 3.71. The molecule has 100 valence electrons. The van der Waals surface area contributed by atoms with Crippen LogP contribution in [0.4, 0.5) is 0 Å². The molecule has 2 saturated carbocycles. The van der Waals surface area contributed by atoms with E-state index in [1.165, 1.54) is 56.9 Å². The molecule has 0 aliphatic heterocycles. The molecule has 0 amide bonds. The van der Waals surface area contributed by atoms with Gasteiger partial charge in [-0.1, -0.05) is 38.2 Å². The molecule has 2 aliphatic rings. The van der Waals surface area contributed by atoms with Gasteiger partial charge >= 0.3 is 0 Å². The number of hydrogen-bond donors (Lipinski definition) is 0. The molecule has 2 fully saturated rings. The largest absolute Gasteiger partial charge is 0.303 e. The summed E-state index contributed by atoms with van der Waals surface area (Å²) in [5.41, 5.74) is 4.43. The highest BCUT2D eigenvalue weighted by molar-refractivity contribution is 5.49. The van der Waals surface area contributed by atoms with E-state index in [1.54, 1.807) is 11.3 Å². The molecular formula is C17H22N2. The van der Waals surface area contributed by atoms with E-state index < -0.39 is 0 Å². The molecule has 0 unspecified atom stereocenters. The predicted octanol–water partition coefficient (Wildman–Crippen LogP) is 4.33. The van der Waals surface area contributed by atoms with Crippen LogP contribution in [0, 0.1) is 5.92 Å². The van der Waals surface area contributed by atoms with Crippen LogP contribution in [0.15, 0.2) is 24.7 Å². The molecule has 4 rings (SSSR count). The second-order valence-corrected chi connectivity index (χ2v) is 6.41. The summed E-state index contributed by atoms with van der Waals surface area (Å²) in [5.74, 6) is 1.74. The lowest BCUT2D eigenvalue weighted by atomic mass is 9.85. The third kappa shape index (κ3) is 2.18. The number of imidazole rings is 1. The highest BCUT2D eigenvalue weighted by atomic mass is 15.0. The Bertz CT molecular complexity index is 574. The van der Waals surface area contributed by atoms with Crippen molar-refractivity contribution in [1.82, 2.24) is 9.38 Å². The van der Waals surface area contributed by atoms with Gasteiger partial charge in [-0.25, -0.2) is 4.98 Å². The monoisotopic (exact) mass is 254 g/mol. The van der Waals surface area contributed by atoms with Crippen molar-refractivity contribution in [1.29, 1.82) is 0 Å². The standard InChI is InChI=1S/C17H22N2/c1-2-4-13(5-3-1)10-17-16(14-6-7-14)9-8-15-11-18-12-19(15)17/h8-9,11-14H,1-7,10H2. The van der Waals surface area contributed by atoms with Gasteiger partial charge in [0.25, 0.3) is 0 Å². The predicted molar refractivity (Wildman–Crippen MR) is 77.4 cm³/mol. The van der Waals surface area contributed by atoms with Crippen LogP contribution in [0.1, 0.15) is 62.1 Å². The Hall–Kier alpha value is -1.31. The van der Waals surface area contributed by atoms with E-state index in [2.05, 4.69) is 21.5 Å². The van der Waals surface area contributed by atoms with E-state index >= 15 is 0 Å². The zero-order valence-electron chi connectivity index (χ0n) is 11.5. The third-order valence-corrected chi connectivity index (χ3v) is 4.95. The Morgan fingerprint density at radius 3 is 2.68 bits per heavy atom. The number of nitrogens with zero attached hydrogens (tertiary/aromatic N) is 2. The lowest BCUT2D eigenvalue weighted by Gasteiger charge is -2.23. The van der Waals surface area contributed by atoms with E-state index in [4.69, 9.17) is 0 Å². The van der Waals surface area contributed by atoms with Crippen LogP contribution in [-0.2, 0) is 6.42 Å². The molecule has 2 heterocycles. The van der Waals surface area contributed by atoms with Gasteiger partial charge in [0.2, 0.25) is 0 Å². The molecule has 0 aromatic carbocycles. The van der Waals surface area contributed by atoms with Crippen molar-refractivity contribution in [3.05, 3.63) is 35.9 Å². The Morgan fingerprint density at radius 2 is 1.89 bits per heavy atom. The molecule has 0 atom stereocenters. The van der Waals surface area contributed by atoms with Crippen molar-refractivity contribution in [2.24, 2.45) is 5.92 Å². The minimum absolute atomic E-state index is 0.838. The number of fused-ring (bicyclic) bond motifs is 1. The second-order valence-electron chi connectivity index (χ2n) is 6.41. The molecule has 0 spiro atoms. The molecule has 2 aliphatic carbocycles. The highest BCUT2D eigenvalue weighted by Crippen LogP contribution is 2.43. The number of pyridine rings is 1. The van der Waals surface area contributed by atoms with Crippen molar-refractivity contribution in [3.8, 4) is 0 Å². The third-order valence-electron chi connectivity index (χ3n) is 4.95. The normalized spacial score (nSPS) is 21.1. The summed E-state index contributed by atoms with van der Waals surface area (Å²) < 4.78 is 2.35. The first-order valence-electron chi connectivity index (χ1n) is 7.85. The second kappa shape index (κ2) is 4.66. The first-order chi connectivity index (χ1) is 9.42. The van der Waals surface area contributed by atoms with Gasteiger partial charge < -0.3 is 4.40 Å². The average Bonchev–Trinajstić information content (AvgIpc) is 3.17. The van der Waals surface area contributed by atoms with Crippen molar-refractivity contribution < 1.29 is 0 Å². The lowest BCUT2D eigenvalue weighted by molar-refractivity contribution is 0.352. The van der Waals surface area contributed by atoms with Gasteiger partial charge in [-0.05, 0) is 42.7 Å². The Labute approximate surface area is 114 Å². The molecule has 0 N–H and O–H groups in total. The maximum Gasteiger partial charge on any atom is 0.0994 e. The Kier molecular flexibility index (Phi) is 2.82. The van der Waals surface area contributed by atoms with Crippen LogP contribution >= 0.6 is 0 Å². The molecule has 2 nitrogen and oxygen atoms in total. The minimum atomic E-state index is 0.838. The van der Waals surface area contributed by atoms with Gasteiger partial charge in [-0.15, -0.1) is 0 Å². The quantitative estimate of drug-likeness (QED) is 0.796. The van der Waals surface area contributed by atoms with Crippen LogP contribution in [0.3, 0.4) is 0 Å². The van der Waals surface area contributed by atoms with Crippen LogP contribution in [0.2, 0.25) is 0 Å². The molecule has 2 heteroatoms. The molecular weight excluding hydrogens is 232 g/mol. The van der Waals surface area contributed by atoms with Crippen molar-refractivity contribution >= 4 is 5.52 Å². The van der Waals surface area contributed by atoms with Gasteiger partial charge in [-0.3, -0.25) is 0 Å². The van der Waals surface area contributed by atoms with E-state index in [9.17, 15) is 0 Å². The minimum Gasteiger partial charge on any atom is -0.303 e. The number of rotatable bonds is 3. The van der Waals surface area contributed by atoms with E-state index in [0.717, 1.165) is 11.8 Å². The van der Waals surface area contributed by atoms with Gasteiger partial charge in [0.15, 0.2) is 0 Å². The van der Waals surface area contributed by atoms with Gasteiger partial charge in [-0.2, -0.15) is 0 Å². The molecule has 0 saturated heterocycles. The maximum atomic E-state index is 4.34. The number of hydrogen-bond acceptors (Lipinski definition) is 1. The summed E-state index contributed by atoms with van der Waals surface area (Å²) in [6.45, 7) is 0. The summed E-state index contributed by atoms with van der Waals surface area (Å²) in [5, 5.41) is 0. The van der Waals surface area contributed by atoms with Gasteiger partial charge in [0.05, 0.1) is 18.0 Å². The summed E-state index contributed by atoms with van der Waals surface area (Å²) in [7, 11) is 0. The first-order valence-corrected chi connectivity index (χ1v) is 7.85. The van der Waals surface area contributed by atoms with Crippen molar-refractivity contribution in [2.75, 3.05) is 0 Å². The lowest BCUT2D eigenvalue weighted by Crippen LogP contribution is -2.13. The fraction of sp³-hybridized carbons (Fsp3) is 0.588. The van der Waals surface area contributed by atoms with Crippen LogP contribution < -0.4 is 0 Å². The zero-order chi connectivity index (χ0) is 12.7.